The number of nitrogens with one attached hydrogen (secondary N) is 1. The highest BCUT2D eigenvalue weighted by atomic mass is 19.3. The Morgan fingerprint density at radius 3 is 2.68 bits per heavy atom. The van der Waals surface area contributed by atoms with Gasteiger partial charge in [0.25, 0.3) is 0 Å². The molecule has 0 saturated heterocycles. The van der Waals surface area contributed by atoms with E-state index in [0.29, 0.717) is 5.41 Å². The molecule has 1 N–H and O–H groups in total. The number of benzene rings is 1. The summed E-state index contributed by atoms with van der Waals surface area (Å²) in [5, 5.41) is 3.48. The lowest BCUT2D eigenvalue weighted by atomic mass is 9.70. The van der Waals surface area contributed by atoms with Crippen LogP contribution >= 0.6 is 0 Å². The number of rotatable bonds is 6. The Hall–Kier alpha value is -1.16. The molecular formula is C15H21F2NO. The molecule has 0 spiro atoms. The van der Waals surface area contributed by atoms with Gasteiger partial charge in [-0.15, -0.1) is 0 Å². The Labute approximate surface area is 113 Å². The molecule has 0 amide bonds. The van der Waals surface area contributed by atoms with Gasteiger partial charge in [0.1, 0.15) is 5.75 Å². The average molecular weight is 269 g/mol. The molecule has 1 saturated carbocycles. The first-order valence-electron chi connectivity index (χ1n) is 6.77. The second kappa shape index (κ2) is 5.87. The van der Waals surface area contributed by atoms with Gasteiger partial charge in [0.05, 0.1) is 0 Å². The summed E-state index contributed by atoms with van der Waals surface area (Å²) in [5.41, 5.74) is 1.38. The molecule has 0 aromatic heterocycles. The standard InChI is InChI=1S/C15H21F2NO/c1-11(18-10-15(2)7-4-8-15)12-5-3-6-13(9-12)19-14(16)17/h3,5-6,9,11,14,18H,4,7-8,10H2,1-2H3. The SMILES string of the molecule is CC(NCC1(C)CCC1)c1cccc(OC(F)F)c1. The van der Waals surface area contributed by atoms with Crippen LogP contribution in [0.3, 0.4) is 0 Å². The topological polar surface area (TPSA) is 21.3 Å². The van der Waals surface area contributed by atoms with Crippen LogP contribution in [0, 0.1) is 5.41 Å². The molecule has 0 heterocycles. The first-order valence-corrected chi connectivity index (χ1v) is 6.77. The third kappa shape index (κ3) is 3.90. The second-order valence-corrected chi connectivity index (χ2v) is 5.72. The molecule has 1 atom stereocenters. The van der Waals surface area contributed by atoms with Crippen molar-refractivity contribution in [3.8, 4) is 5.75 Å². The summed E-state index contributed by atoms with van der Waals surface area (Å²) in [4.78, 5) is 0. The second-order valence-electron chi connectivity index (χ2n) is 5.72. The molecule has 1 unspecified atom stereocenters. The van der Waals surface area contributed by atoms with Crippen molar-refractivity contribution in [2.45, 2.75) is 45.8 Å². The smallest absolute Gasteiger partial charge is 0.387 e. The highest BCUT2D eigenvalue weighted by Gasteiger charge is 2.31. The molecule has 1 fully saturated rings. The van der Waals surface area contributed by atoms with Crippen molar-refractivity contribution >= 4 is 0 Å². The van der Waals surface area contributed by atoms with Gasteiger partial charge >= 0.3 is 6.61 Å². The minimum Gasteiger partial charge on any atom is -0.435 e. The number of hydrogen-bond donors (Lipinski definition) is 1. The number of hydrogen-bond acceptors (Lipinski definition) is 2. The van der Waals surface area contributed by atoms with Gasteiger partial charge in [0, 0.05) is 12.6 Å². The molecule has 1 aromatic carbocycles. The highest BCUT2D eigenvalue weighted by molar-refractivity contribution is 5.30. The van der Waals surface area contributed by atoms with E-state index in [0.717, 1.165) is 12.1 Å². The summed E-state index contributed by atoms with van der Waals surface area (Å²) < 4.78 is 28.8. The molecule has 1 aliphatic carbocycles. The zero-order chi connectivity index (χ0) is 13.9. The van der Waals surface area contributed by atoms with E-state index in [4.69, 9.17) is 0 Å². The maximum Gasteiger partial charge on any atom is 0.387 e. The fourth-order valence-corrected chi connectivity index (χ4v) is 2.43. The van der Waals surface area contributed by atoms with Crippen LogP contribution in [0.15, 0.2) is 24.3 Å². The van der Waals surface area contributed by atoms with E-state index >= 15 is 0 Å². The van der Waals surface area contributed by atoms with Crippen molar-refractivity contribution in [2.75, 3.05) is 6.54 Å². The molecule has 4 heteroatoms. The lowest BCUT2D eigenvalue weighted by molar-refractivity contribution is -0.0499. The largest absolute Gasteiger partial charge is 0.435 e. The van der Waals surface area contributed by atoms with Crippen molar-refractivity contribution < 1.29 is 13.5 Å². The Bertz CT molecular complexity index is 418. The van der Waals surface area contributed by atoms with Gasteiger partial charge in [-0.05, 0) is 42.9 Å². The van der Waals surface area contributed by atoms with E-state index in [9.17, 15) is 8.78 Å². The van der Waals surface area contributed by atoms with E-state index < -0.39 is 6.61 Å². The Kier molecular flexibility index (Phi) is 4.40. The van der Waals surface area contributed by atoms with Gasteiger partial charge < -0.3 is 10.1 Å². The van der Waals surface area contributed by atoms with Crippen LogP contribution in [0.1, 0.15) is 44.7 Å². The third-order valence-corrected chi connectivity index (χ3v) is 3.98. The van der Waals surface area contributed by atoms with E-state index in [-0.39, 0.29) is 11.8 Å². The minimum atomic E-state index is -2.77. The molecule has 2 rings (SSSR count). The lowest BCUT2D eigenvalue weighted by Crippen LogP contribution is -2.38. The van der Waals surface area contributed by atoms with Gasteiger partial charge in [0.15, 0.2) is 0 Å². The quantitative estimate of drug-likeness (QED) is 0.838. The summed E-state index contributed by atoms with van der Waals surface area (Å²) in [6, 6.07) is 7.04. The van der Waals surface area contributed by atoms with Crippen molar-refractivity contribution in [3.63, 3.8) is 0 Å². The van der Waals surface area contributed by atoms with Gasteiger partial charge in [-0.1, -0.05) is 25.5 Å². The van der Waals surface area contributed by atoms with Crippen molar-refractivity contribution in [3.05, 3.63) is 29.8 Å². The normalized spacial score (nSPS) is 19.0. The van der Waals surface area contributed by atoms with Gasteiger partial charge in [0.2, 0.25) is 0 Å². The molecule has 0 bridgehead atoms. The fraction of sp³-hybridized carbons (Fsp3) is 0.600. The maximum absolute atomic E-state index is 12.2. The average Bonchev–Trinajstić information content (AvgIpc) is 2.33. The lowest BCUT2D eigenvalue weighted by Gasteiger charge is -2.39. The van der Waals surface area contributed by atoms with Crippen LogP contribution in [0.25, 0.3) is 0 Å². The molecule has 1 aliphatic rings. The predicted octanol–water partition coefficient (Wildman–Crippen LogP) is 4.13. The summed E-state index contributed by atoms with van der Waals surface area (Å²) in [6.07, 6.45) is 3.84. The first-order chi connectivity index (χ1) is 8.98. The Morgan fingerprint density at radius 1 is 1.37 bits per heavy atom. The summed E-state index contributed by atoms with van der Waals surface area (Å²) in [7, 11) is 0. The predicted molar refractivity (Wildman–Crippen MR) is 71.4 cm³/mol. The van der Waals surface area contributed by atoms with Crippen LogP contribution in [0.5, 0.6) is 5.75 Å². The summed E-state index contributed by atoms with van der Waals surface area (Å²) in [6.45, 7) is 2.52. The molecule has 1 aromatic rings. The van der Waals surface area contributed by atoms with Crippen molar-refractivity contribution in [1.29, 1.82) is 0 Å². The molecular weight excluding hydrogens is 248 g/mol. The molecule has 0 radical (unpaired) electrons. The van der Waals surface area contributed by atoms with Crippen LogP contribution in [0.2, 0.25) is 0 Å². The van der Waals surface area contributed by atoms with Crippen LogP contribution < -0.4 is 10.1 Å². The number of alkyl halides is 2. The molecule has 19 heavy (non-hydrogen) atoms. The van der Waals surface area contributed by atoms with Gasteiger partial charge in [-0.2, -0.15) is 8.78 Å². The fourth-order valence-electron chi connectivity index (χ4n) is 2.43. The monoisotopic (exact) mass is 269 g/mol. The minimum absolute atomic E-state index is 0.138. The number of ether oxygens (including phenoxy) is 1. The zero-order valence-electron chi connectivity index (χ0n) is 11.5. The molecule has 2 nitrogen and oxygen atoms in total. The zero-order valence-corrected chi connectivity index (χ0v) is 11.5. The Balaban J connectivity index is 1.92. The van der Waals surface area contributed by atoms with Gasteiger partial charge in [-0.25, -0.2) is 0 Å². The van der Waals surface area contributed by atoms with Gasteiger partial charge in [-0.3, -0.25) is 0 Å². The van der Waals surface area contributed by atoms with E-state index in [1.165, 1.54) is 19.3 Å². The third-order valence-electron chi connectivity index (χ3n) is 3.98. The summed E-state index contributed by atoms with van der Waals surface area (Å²) in [5.74, 6) is 0.219. The van der Waals surface area contributed by atoms with E-state index in [2.05, 4.69) is 17.0 Å². The van der Waals surface area contributed by atoms with Crippen molar-refractivity contribution in [1.82, 2.24) is 5.32 Å². The molecule has 0 aliphatic heterocycles. The maximum atomic E-state index is 12.2. The molecule has 106 valence electrons. The van der Waals surface area contributed by atoms with E-state index in [1.807, 2.05) is 13.0 Å². The van der Waals surface area contributed by atoms with Crippen LogP contribution in [-0.4, -0.2) is 13.2 Å². The first kappa shape index (κ1) is 14.3. The summed E-state index contributed by atoms with van der Waals surface area (Å²) >= 11 is 0. The Morgan fingerprint density at radius 2 is 2.11 bits per heavy atom. The van der Waals surface area contributed by atoms with Crippen LogP contribution in [-0.2, 0) is 0 Å². The van der Waals surface area contributed by atoms with E-state index in [1.54, 1.807) is 18.2 Å². The highest BCUT2D eigenvalue weighted by Crippen LogP contribution is 2.39. The van der Waals surface area contributed by atoms with Crippen molar-refractivity contribution in [2.24, 2.45) is 5.41 Å². The van der Waals surface area contributed by atoms with Crippen LogP contribution in [0.4, 0.5) is 8.78 Å². The number of halogens is 2.